The number of nitrogens with zero attached hydrogens (tertiary/aromatic N) is 2. The summed E-state index contributed by atoms with van der Waals surface area (Å²) in [6.07, 6.45) is 7.65. The van der Waals surface area contributed by atoms with Crippen LogP contribution in [0.3, 0.4) is 0 Å². The van der Waals surface area contributed by atoms with Crippen LogP contribution in [0.5, 0.6) is 0 Å². The minimum atomic E-state index is -0.0711. The van der Waals surface area contributed by atoms with E-state index in [0.717, 1.165) is 18.2 Å². The van der Waals surface area contributed by atoms with Gasteiger partial charge in [0, 0.05) is 16.7 Å². The minimum absolute atomic E-state index is 0.0383. The summed E-state index contributed by atoms with van der Waals surface area (Å²) in [5.41, 5.74) is 3.71. The molecule has 160 valence electrons. The Morgan fingerprint density at radius 3 is 2.20 bits per heavy atom. The molecule has 0 fully saturated rings. The predicted octanol–water partition coefficient (Wildman–Crippen LogP) is 6.01. The third-order valence-electron chi connectivity index (χ3n) is 5.90. The van der Waals surface area contributed by atoms with Crippen LogP contribution in [0.15, 0.2) is 52.5 Å². The standard InChI is InChI=1S/C26H34N2O2/c1-25(2,3)23-27-21(15-29-23)19-13-9-7-11-17(19)18-12-8-10-14-20(18)22-16-30-24(28-22)26(4,5)6/h7-13,20-22H,14-16H2,1-6H3/t20?,21-,22-/m1/s1. The van der Waals surface area contributed by atoms with Crippen molar-refractivity contribution in [1.82, 2.24) is 0 Å². The Balaban J connectivity index is 1.67. The Hall–Kier alpha value is -2.36. The molecule has 0 saturated carbocycles. The summed E-state index contributed by atoms with van der Waals surface area (Å²) in [6, 6.07) is 8.83. The molecule has 0 N–H and O–H groups in total. The Bertz CT molecular complexity index is 925. The van der Waals surface area contributed by atoms with Gasteiger partial charge in [0.2, 0.25) is 0 Å². The smallest absolute Gasteiger partial charge is 0.189 e. The Labute approximate surface area is 180 Å². The van der Waals surface area contributed by atoms with Crippen LogP contribution in [0.25, 0.3) is 5.57 Å². The summed E-state index contributed by atoms with van der Waals surface area (Å²) >= 11 is 0. The summed E-state index contributed by atoms with van der Waals surface area (Å²) in [4.78, 5) is 9.95. The SMILES string of the molecule is CC(C)(C)C1=N[C@@H](c2ccccc2C2=CC=CCC2[C@H]2COC(C(C)(C)C)=N2)CO1. The number of hydrogen-bond donors (Lipinski definition) is 0. The van der Waals surface area contributed by atoms with Crippen LogP contribution in [0.4, 0.5) is 0 Å². The van der Waals surface area contributed by atoms with Gasteiger partial charge in [-0.25, -0.2) is 9.98 Å². The maximum atomic E-state index is 6.01. The third-order valence-corrected chi connectivity index (χ3v) is 5.90. The normalized spacial score (nSPS) is 26.6. The number of ether oxygens (including phenoxy) is 2. The summed E-state index contributed by atoms with van der Waals surface area (Å²) in [6.45, 7) is 14.2. The van der Waals surface area contributed by atoms with Gasteiger partial charge in [0.05, 0.1) is 6.04 Å². The lowest BCUT2D eigenvalue weighted by atomic mass is 9.80. The fraction of sp³-hybridized carbons (Fsp3) is 0.538. The molecule has 0 radical (unpaired) electrons. The summed E-state index contributed by atoms with van der Waals surface area (Å²) in [5.74, 6) is 2.03. The molecule has 0 aromatic heterocycles. The zero-order chi connectivity index (χ0) is 21.5. The fourth-order valence-electron chi connectivity index (χ4n) is 4.30. The maximum absolute atomic E-state index is 6.01. The molecule has 3 atom stereocenters. The van der Waals surface area contributed by atoms with Gasteiger partial charge in [-0.15, -0.1) is 0 Å². The van der Waals surface area contributed by atoms with Gasteiger partial charge in [-0.3, -0.25) is 0 Å². The lowest BCUT2D eigenvalue weighted by Gasteiger charge is -2.27. The van der Waals surface area contributed by atoms with Crippen LogP contribution < -0.4 is 0 Å². The molecule has 1 aliphatic carbocycles. The molecule has 1 aromatic rings. The molecule has 0 saturated heterocycles. The zero-order valence-electron chi connectivity index (χ0n) is 19.1. The van der Waals surface area contributed by atoms with Crippen LogP contribution in [0.2, 0.25) is 0 Å². The number of aliphatic imine (C=N–C) groups is 2. The van der Waals surface area contributed by atoms with Crippen molar-refractivity contribution in [1.29, 1.82) is 0 Å². The van der Waals surface area contributed by atoms with Crippen molar-refractivity contribution >= 4 is 17.4 Å². The van der Waals surface area contributed by atoms with Crippen LogP contribution >= 0.6 is 0 Å². The molecule has 0 spiro atoms. The summed E-state index contributed by atoms with van der Waals surface area (Å²) in [5, 5.41) is 0. The average Bonchev–Trinajstić information content (AvgIpc) is 3.37. The quantitative estimate of drug-likeness (QED) is 0.617. The van der Waals surface area contributed by atoms with Crippen LogP contribution in [-0.2, 0) is 9.47 Å². The molecule has 1 unspecified atom stereocenters. The Kier molecular flexibility index (Phi) is 5.37. The van der Waals surface area contributed by atoms with Gasteiger partial charge in [0.1, 0.15) is 19.3 Å². The van der Waals surface area contributed by atoms with E-state index in [1.165, 1.54) is 16.7 Å². The summed E-state index contributed by atoms with van der Waals surface area (Å²) < 4.78 is 12.0. The van der Waals surface area contributed by atoms with Crippen molar-refractivity contribution in [2.24, 2.45) is 26.7 Å². The summed E-state index contributed by atoms with van der Waals surface area (Å²) in [7, 11) is 0. The highest BCUT2D eigenvalue weighted by Gasteiger charge is 2.36. The molecular weight excluding hydrogens is 372 g/mol. The zero-order valence-corrected chi connectivity index (χ0v) is 19.1. The molecule has 30 heavy (non-hydrogen) atoms. The highest BCUT2D eigenvalue weighted by Crippen LogP contribution is 2.40. The molecule has 2 aliphatic heterocycles. The topological polar surface area (TPSA) is 43.2 Å². The second kappa shape index (κ2) is 7.72. The van der Waals surface area contributed by atoms with E-state index >= 15 is 0 Å². The second-order valence-corrected chi connectivity index (χ2v) is 10.6. The van der Waals surface area contributed by atoms with E-state index in [1.807, 2.05) is 0 Å². The van der Waals surface area contributed by atoms with E-state index in [4.69, 9.17) is 19.5 Å². The first kappa shape index (κ1) is 20.9. The molecule has 4 nitrogen and oxygen atoms in total. The van der Waals surface area contributed by atoms with Crippen LogP contribution in [0, 0.1) is 16.7 Å². The molecule has 4 heteroatoms. The molecule has 4 rings (SSSR count). The van der Waals surface area contributed by atoms with Gasteiger partial charge in [0.25, 0.3) is 0 Å². The van der Waals surface area contributed by atoms with Gasteiger partial charge in [-0.1, -0.05) is 84.0 Å². The minimum Gasteiger partial charge on any atom is -0.478 e. The molecule has 0 bridgehead atoms. The van der Waals surface area contributed by atoms with Gasteiger partial charge in [-0.05, 0) is 23.1 Å². The molecular formula is C26H34N2O2. The highest BCUT2D eigenvalue weighted by molar-refractivity contribution is 5.84. The lowest BCUT2D eigenvalue weighted by molar-refractivity contribution is 0.268. The van der Waals surface area contributed by atoms with E-state index in [9.17, 15) is 0 Å². The van der Waals surface area contributed by atoms with E-state index in [2.05, 4.69) is 84.0 Å². The van der Waals surface area contributed by atoms with E-state index in [-0.39, 0.29) is 22.9 Å². The van der Waals surface area contributed by atoms with Crippen molar-refractivity contribution in [3.8, 4) is 0 Å². The van der Waals surface area contributed by atoms with Crippen molar-refractivity contribution in [3.63, 3.8) is 0 Å². The van der Waals surface area contributed by atoms with Gasteiger partial charge >= 0.3 is 0 Å². The Morgan fingerprint density at radius 1 is 0.867 bits per heavy atom. The molecule has 1 aromatic carbocycles. The van der Waals surface area contributed by atoms with Gasteiger partial charge < -0.3 is 9.47 Å². The average molecular weight is 407 g/mol. The first-order valence-corrected chi connectivity index (χ1v) is 11.0. The number of hydrogen-bond acceptors (Lipinski definition) is 4. The predicted molar refractivity (Wildman–Crippen MR) is 124 cm³/mol. The van der Waals surface area contributed by atoms with Crippen molar-refractivity contribution in [3.05, 3.63) is 53.6 Å². The third kappa shape index (κ3) is 4.10. The van der Waals surface area contributed by atoms with E-state index in [0.29, 0.717) is 19.1 Å². The number of rotatable bonds is 3. The molecule has 0 amide bonds. The fourth-order valence-corrected chi connectivity index (χ4v) is 4.30. The highest BCUT2D eigenvalue weighted by atomic mass is 16.5. The van der Waals surface area contributed by atoms with E-state index in [1.54, 1.807) is 0 Å². The van der Waals surface area contributed by atoms with Crippen molar-refractivity contribution in [2.45, 2.75) is 60.0 Å². The monoisotopic (exact) mass is 406 g/mol. The lowest BCUT2D eigenvalue weighted by Crippen LogP contribution is -2.23. The number of benzene rings is 1. The second-order valence-electron chi connectivity index (χ2n) is 10.6. The van der Waals surface area contributed by atoms with E-state index < -0.39 is 0 Å². The first-order valence-electron chi connectivity index (χ1n) is 11.0. The van der Waals surface area contributed by atoms with Gasteiger partial charge in [-0.2, -0.15) is 0 Å². The van der Waals surface area contributed by atoms with Crippen LogP contribution in [-0.4, -0.2) is 31.1 Å². The molecule has 3 aliphatic rings. The number of allylic oxidation sites excluding steroid dienone is 3. The maximum Gasteiger partial charge on any atom is 0.189 e. The largest absolute Gasteiger partial charge is 0.478 e. The van der Waals surface area contributed by atoms with Crippen LogP contribution in [0.1, 0.15) is 65.1 Å². The van der Waals surface area contributed by atoms with Gasteiger partial charge in [0.15, 0.2) is 11.8 Å². The van der Waals surface area contributed by atoms with Crippen molar-refractivity contribution < 1.29 is 9.47 Å². The Morgan fingerprint density at radius 2 is 1.53 bits per heavy atom. The van der Waals surface area contributed by atoms with Crippen molar-refractivity contribution in [2.75, 3.05) is 13.2 Å². The molecule has 2 heterocycles. The first-order chi connectivity index (χ1) is 14.1.